The fourth-order valence-electron chi connectivity index (χ4n) is 0.347. The molecule has 0 aromatic carbocycles. The zero-order valence-corrected chi connectivity index (χ0v) is 6.29. The first-order valence-corrected chi connectivity index (χ1v) is 3.93. The second-order valence-electron chi connectivity index (χ2n) is 1.56. The minimum Gasteiger partial charge on any atom is -0.297 e. The molecule has 0 aliphatic carbocycles. The number of hydrogen-bond donors (Lipinski definition) is 0. The lowest BCUT2D eigenvalue weighted by Crippen LogP contribution is -1.90. The summed E-state index contributed by atoms with van der Waals surface area (Å²) in [6.45, 7) is 2.04. The van der Waals surface area contributed by atoms with Gasteiger partial charge in [0.05, 0.1) is 8.81 Å². The summed E-state index contributed by atoms with van der Waals surface area (Å²) >= 11 is 0. The molecule has 54 valence electrons. The molecule has 0 N–H and O–H groups in total. The maximum absolute atomic E-state index is 9.55. The Morgan fingerprint density at radius 2 is 2.44 bits per heavy atom. The second-order valence-corrected chi connectivity index (χ2v) is 2.53. The van der Waals surface area contributed by atoms with Crippen LogP contribution >= 0.6 is 8.81 Å². The van der Waals surface area contributed by atoms with Crippen molar-refractivity contribution in [3.8, 4) is 0 Å². The Balaban J connectivity index is 2.83. The van der Waals surface area contributed by atoms with E-state index in [0.717, 1.165) is 19.0 Å². The molecule has 0 aliphatic heterocycles. The number of hydrogen-bond acceptors (Lipinski definition) is 3. The van der Waals surface area contributed by atoms with Crippen molar-refractivity contribution in [2.75, 3.05) is 6.16 Å². The van der Waals surface area contributed by atoms with Gasteiger partial charge in [0.15, 0.2) is 0 Å². The third-order valence-corrected chi connectivity index (χ3v) is 1.61. The number of rotatable bonds is 5. The number of nitrogens with zero attached hydrogens (tertiary/aromatic N) is 1. The van der Waals surface area contributed by atoms with E-state index in [1.807, 2.05) is 6.92 Å². The van der Waals surface area contributed by atoms with E-state index in [9.17, 15) is 10.1 Å². The largest absolute Gasteiger partial charge is 0.297 e. The Hall–Kier alpha value is -0.370. The molecule has 0 radical (unpaired) electrons. The molecule has 0 aromatic rings. The minimum atomic E-state index is -0.742. The van der Waals surface area contributed by atoms with Crippen LogP contribution in [0.2, 0.25) is 0 Å². The molecule has 0 rings (SSSR count). The third-order valence-electron chi connectivity index (χ3n) is 0.771. The molecule has 0 heterocycles. The van der Waals surface area contributed by atoms with E-state index in [-0.39, 0.29) is 8.81 Å². The fourth-order valence-corrected chi connectivity index (χ4v) is 1.04. The lowest BCUT2D eigenvalue weighted by Gasteiger charge is -1.94. The Morgan fingerprint density at radius 1 is 1.78 bits per heavy atom. The van der Waals surface area contributed by atoms with E-state index in [1.54, 1.807) is 0 Å². The van der Waals surface area contributed by atoms with Gasteiger partial charge in [-0.25, -0.2) is 0 Å². The molecular formula is C4H10NO3P. The predicted molar refractivity (Wildman–Crippen MR) is 36.2 cm³/mol. The Labute approximate surface area is 55.6 Å². The number of unbranched alkanes of at least 4 members (excludes halogenated alkanes) is 1. The third kappa shape index (κ3) is 7.63. The van der Waals surface area contributed by atoms with Crippen molar-refractivity contribution in [2.24, 2.45) is 0 Å². The Morgan fingerprint density at radius 3 is 2.89 bits per heavy atom. The highest BCUT2D eigenvalue weighted by molar-refractivity contribution is 7.31. The van der Waals surface area contributed by atoms with Crippen LogP contribution in [0.15, 0.2) is 0 Å². The van der Waals surface area contributed by atoms with Crippen molar-refractivity contribution in [3.05, 3.63) is 10.1 Å². The van der Waals surface area contributed by atoms with Gasteiger partial charge in [-0.1, -0.05) is 13.3 Å². The summed E-state index contributed by atoms with van der Waals surface area (Å²) in [5, 5.41) is 8.81. The van der Waals surface area contributed by atoms with Gasteiger partial charge in [-0.3, -0.25) is 4.62 Å². The quantitative estimate of drug-likeness (QED) is 0.259. The van der Waals surface area contributed by atoms with Crippen LogP contribution in [-0.2, 0) is 4.62 Å². The highest BCUT2D eigenvalue weighted by Gasteiger charge is 1.91. The summed E-state index contributed by atoms with van der Waals surface area (Å²) in [4.78, 5) is 9.55. The van der Waals surface area contributed by atoms with Crippen LogP contribution in [0.25, 0.3) is 0 Å². The molecule has 0 aromatic heterocycles. The van der Waals surface area contributed by atoms with Gasteiger partial charge in [0, 0.05) is 0 Å². The Kier molecular flexibility index (Phi) is 5.52. The zero-order chi connectivity index (χ0) is 7.11. The first-order chi connectivity index (χ1) is 4.27. The van der Waals surface area contributed by atoms with E-state index in [1.165, 1.54) is 0 Å². The second kappa shape index (κ2) is 5.76. The summed E-state index contributed by atoms with van der Waals surface area (Å²) < 4.78 is 4.09. The van der Waals surface area contributed by atoms with E-state index in [0.29, 0.717) is 0 Å². The normalized spacial score (nSPS) is 10.3. The van der Waals surface area contributed by atoms with Crippen molar-refractivity contribution < 1.29 is 9.71 Å². The molecule has 1 atom stereocenters. The van der Waals surface area contributed by atoms with E-state index in [2.05, 4.69) is 4.62 Å². The summed E-state index contributed by atoms with van der Waals surface area (Å²) in [5.74, 6) is 0. The van der Waals surface area contributed by atoms with Crippen molar-refractivity contribution in [1.29, 1.82) is 0 Å². The van der Waals surface area contributed by atoms with Crippen LogP contribution in [0, 0.1) is 10.1 Å². The SMILES string of the molecule is CCCCPO[N+](=O)[O-]. The molecule has 0 fully saturated rings. The summed E-state index contributed by atoms with van der Waals surface area (Å²) in [6.07, 6.45) is 2.87. The van der Waals surface area contributed by atoms with Gasteiger partial charge in [0.1, 0.15) is 0 Å². The maximum atomic E-state index is 9.55. The highest BCUT2D eigenvalue weighted by Crippen LogP contribution is 2.13. The van der Waals surface area contributed by atoms with Gasteiger partial charge < -0.3 is 0 Å². The molecule has 0 aliphatic rings. The topological polar surface area (TPSA) is 52.4 Å². The average Bonchev–Trinajstić information content (AvgIpc) is 1.80. The van der Waals surface area contributed by atoms with Crippen LogP contribution in [0.3, 0.4) is 0 Å². The van der Waals surface area contributed by atoms with Gasteiger partial charge in [-0.2, -0.15) is 0 Å². The van der Waals surface area contributed by atoms with Gasteiger partial charge in [-0.05, 0) is 12.6 Å². The molecular weight excluding hydrogens is 141 g/mol. The molecule has 1 unspecified atom stereocenters. The van der Waals surface area contributed by atoms with Gasteiger partial charge in [-0.15, -0.1) is 10.1 Å². The van der Waals surface area contributed by atoms with Crippen LogP contribution in [0.5, 0.6) is 0 Å². The average molecular weight is 151 g/mol. The minimum absolute atomic E-state index is 0.0203. The van der Waals surface area contributed by atoms with Crippen molar-refractivity contribution in [3.63, 3.8) is 0 Å². The lowest BCUT2D eigenvalue weighted by molar-refractivity contribution is -0.710. The molecule has 0 amide bonds. The van der Waals surface area contributed by atoms with Crippen LogP contribution in [-0.4, -0.2) is 11.2 Å². The van der Waals surface area contributed by atoms with Crippen LogP contribution < -0.4 is 0 Å². The van der Waals surface area contributed by atoms with Crippen molar-refractivity contribution in [1.82, 2.24) is 0 Å². The van der Waals surface area contributed by atoms with Crippen molar-refractivity contribution in [2.45, 2.75) is 19.8 Å². The summed E-state index contributed by atoms with van der Waals surface area (Å²) in [5.41, 5.74) is 0. The standard InChI is InChI=1S/C4H10NO3P/c1-2-3-4-9-8-5(6)7/h9H,2-4H2,1H3. The smallest absolute Gasteiger partial charge is 0.297 e. The molecule has 5 heteroatoms. The van der Waals surface area contributed by atoms with Gasteiger partial charge >= 0.3 is 0 Å². The van der Waals surface area contributed by atoms with E-state index >= 15 is 0 Å². The van der Waals surface area contributed by atoms with Crippen molar-refractivity contribution >= 4 is 8.81 Å². The fraction of sp³-hybridized carbons (Fsp3) is 1.00. The highest BCUT2D eigenvalue weighted by atomic mass is 31.1. The van der Waals surface area contributed by atoms with E-state index in [4.69, 9.17) is 0 Å². The van der Waals surface area contributed by atoms with Gasteiger partial charge in [0.2, 0.25) is 0 Å². The summed E-state index contributed by atoms with van der Waals surface area (Å²) in [6, 6.07) is 0. The lowest BCUT2D eigenvalue weighted by atomic mass is 10.4. The molecule has 0 spiro atoms. The summed E-state index contributed by atoms with van der Waals surface area (Å²) in [7, 11) is 0.0203. The molecule has 4 nitrogen and oxygen atoms in total. The monoisotopic (exact) mass is 151 g/mol. The molecule has 0 saturated heterocycles. The molecule has 0 bridgehead atoms. The van der Waals surface area contributed by atoms with E-state index < -0.39 is 5.09 Å². The first-order valence-electron chi connectivity index (χ1n) is 2.81. The van der Waals surface area contributed by atoms with Crippen LogP contribution in [0.4, 0.5) is 0 Å². The molecule has 9 heavy (non-hydrogen) atoms. The Bertz CT molecular complexity index is 87.9. The first kappa shape index (κ1) is 8.63. The predicted octanol–water partition coefficient (Wildman–Crippen LogP) is 1.59. The maximum Gasteiger partial charge on any atom is 0.297 e. The van der Waals surface area contributed by atoms with Crippen LogP contribution in [0.1, 0.15) is 19.8 Å². The zero-order valence-electron chi connectivity index (χ0n) is 5.29. The molecule has 0 saturated carbocycles. The van der Waals surface area contributed by atoms with Gasteiger partial charge in [0.25, 0.3) is 5.09 Å².